The first-order valence-electron chi connectivity index (χ1n) is 7.07. The number of para-hydroxylation sites is 1. The van der Waals surface area contributed by atoms with Crippen LogP contribution in [-0.2, 0) is 10.0 Å². The van der Waals surface area contributed by atoms with Gasteiger partial charge in [0.25, 0.3) is 0 Å². The molecular formula is C14H20F2N2O3S. The SMILES string of the molecule is CC1(CNS(=O)(=O)c2ccccc2OC(F)F)CCNCC1. The molecule has 1 heterocycles. The van der Waals surface area contributed by atoms with E-state index in [0.717, 1.165) is 25.9 Å². The molecule has 1 aromatic carbocycles. The molecule has 1 aliphatic rings. The minimum Gasteiger partial charge on any atom is -0.433 e. The summed E-state index contributed by atoms with van der Waals surface area (Å²) >= 11 is 0. The Morgan fingerprint density at radius 1 is 1.32 bits per heavy atom. The number of piperidine rings is 1. The van der Waals surface area contributed by atoms with E-state index in [0.29, 0.717) is 0 Å². The summed E-state index contributed by atoms with van der Waals surface area (Å²) in [7, 11) is -3.90. The Hall–Kier alpha value is -1.25. The fourth-order valence-electron chi connectivity index (χ4n) is 2.42. The van der Waals surface area contributed by atoms with Gasteiger partial charge in [-0.3, -0.25) is 0 Å². The first-order valence-corrected chi connectivity index (χ1v) is 8.55. The standard InChI is InChI=1S/C14H20F2N2O3S/c1-14(6-8-17-9-7-14)10-18-22(19,20)12-5-3-2-4-11(12)21-13(15)16/h2-5,13,17-18H,6-10H2,1H3. The molecular weight excluding hydrogens is 314 g/mol. The van der Waals surface area contributed by atoms with E-state index < -0.39 is 16.6 Å². The molecule has 8 heteroatoms. The molecule has 0 spiro atoms. The second-order valence-corrected chi connectivity index (χ2v) is 7.45. The molecule has 0 aromatic heterocycles. The van der Waals surface area contributed by atoms with E-state index in [1.807, 2.05) is 6.92 Å². The number of hydrogen-bond donors (Lipinski definition) is 2. The molecule has 0 unspecified atom stereocenters. The van der Waals surface area contributed by atoms with E-state index in [2.05, 4.69) is 14.8 Å². The second kappa shape index (κ2) is 6.89. The van der Waals surface area contributed by atoms with Crippen LogP contribution in [0.25, 0.3) is 0 Å². The lowest BCUT2D eigenvalue weighted by Gasteiger charge is -2.34. The number of benzene rings is 1. The molecule has 124 valence electrons. The van der Waals surface area contributed by atoms with Crippen molar-refractivity contribution in [1.29, 1.82) is 0 Å². The molecule has 2 N–H and O–H groups in total. The van der Waals surface area contributed by atoms with Crippen LogP contribution in [0.1, 0.15) is 19.8 Å². The molecule has 1 aliphatic heterocycles. The molecule has 2 rings (SSSR count). The maximum atomic E-state index is 12.4. The second-order valence-electron chi connectivity index (χ2n) is 5.71. The normalized spacial score (nSPS) is 18.4. The average molecular weight is 334 g/mol. The molecule has 0 aliphatic carbocycles. The van der Waals surface area contributed by atoms with Gasteiger partial charge in [0.1, 0.15) is 10.6 Å². The maximum Gasteiger partial charge on any atom is 0.387 e. The van der Waals surface area contributed by atoms with Gasteiger partial charge in [0.05, 0.1) is 0 Å². The number of nitrogens with one attached hydrogen (secondary N) is 2. The van der Waals surface area contributed by atoms with Crippen molar-refractivity contribution in [3.05, 3.63) is 24.3 Å². The Kier molecular flexibility index (Phi) is 5.36. The molecule has 0 bridgehead atoms. The van der Waals surface area contributed by atoms with Crippen molar-refractivity contribution in [2.24, 2.45) is 5.41 Å². The van der Waals surface area contributed by atoms with Gasteiger partial charge in [0, 0.05) is 6.54 Å². The number of hydrogen-bond acceptors (Lipinski definition) is 4. The summed E-state index contributed by atoms with van der Waals surface area (Å²) in [6.07, 6.45) is 1.70. The Labute approximate surface area is 129 Å². The van der Waals surface area contributed by atoms with E-state index in [4.69, 9.17) is 0 Å². The zero-order valence-corrected chi connectivity index (χ0v) is 13.1. The third-order valence-electron chi connectivity index (χ3n) is 3.85. The van der Waals surface area contributed by atoms with Crippen LogP contribution >= 0.6 is 0 Å². The molecule has 0 atom stereocenters. The highest BCUT2D eigenvalue weighted by molar-refractivity contribution is 7.89. The molecule has 5 nitrogen and oxygen atoms in total. The minimum absolute atomic E-state index is 0.142. The van der Waals surface area contributed by atoms with Gasteiger partial charge in [-0.2, -0.15) is 8.78 Å². The molecule has 0 radical (unpaired) electrons. The van der Waals surface area contributed by atoms with Gasteiger partial charge in [0.15, 0.2) is 0 Å². The van der Waals surface area contributed by atoms with Gasteiger partial charge < -0.3 is 10.1 Å². The van der Waals surface area contributed by atoms with Gasteiger partial charge >= 0.3 is 6.61 Å². The summed E-state index contributed by atoms with van der Waals surface area (Å²) in [5, 5.41) is 3.22. The quantitative estimate of drug-likeness (QED) is 0.834. The number of rotatable bonds is 6. The zero-order chi connectivity index (χ0) is 16.2. The van der Waals surface area contributed by atoms with Gasteiger partial charge in [-0.1, -0.05) is 19.1 Å². The van der Waals surface area contributed by atoms with Crippen LogP contribution in [0.5, 0.6) is 5.75 Å². The Morgan fingerprint density at radius 2 is 1.95 bits per heavy atom. The van der Waals surface area contributed by atoms with Crippen LogP contribution < -0.4 is 14.8 Å². The molecule has 22 heavy (non-hydrogen) atoms. The first-order chi connectivity index (χ1) is 10.3. The molecule has 1 aromatic rings. The predicted molar refractivity (Wildman–Crippen MR) is 78.5 cm³/mol. The summed E-state index contributed by atoms with van der Waals surface area (Å²) in [6.45, 7) is 0.878. The first kappa shape index (κ1) is 17.1. The van der Waals surface area contributed by atoms with Crippen molar-refractivity contribution >= 4 is 10.0 Å². The van der Waals surface area contributed by atoms with Gasteiger partial charge in [-0.05, 0) is 43.5 Å². The van der Waals surface area contributed by atoms with Crippen molar-refractivity contribution in [1.82, 2.24) is 10.0 Å². The third kappa shape index (κ3) is 4.37. The average Bonchev–Trinajstić information content (AvgIpc) is 2.46. The highest BCUT2D eigenvalue weighted by atomic mass is 32.2. The van der Waals surface area contributed by atoms with Crippen molar-refractivity contribution < 1.29 is 21.9 Å². The van der Waals surface area contributed by atoms with Crippen molar-refractivity contribution in [3.63, 3.8) is 0 Å². The van der Waals surface area contributed by atoms with Crippen molar-refractivity contribution in [2.75, 3.05) is 19.6 Å². The lowest BCUT2D eigenvalue weighted by Crippen LogP contribution is -2.42. The Morgan fingerprint density at radius 3 is 2.59 bits per heavy atom. The minimum atomic E-state index is -3.90. The summed E-state index contributed by atoms with van der Waals surface area (Å²) < 4.78 is 56.3. The highest BCUT2D eigenvalue weighted by Gasteiger charge is 2.29. The summed E-state index contributed by atoms with van der Waals surface area (Å²) in [4.78, 5) is -0.271. The molecule has 1 saturated heterocycles. The van der Waals surface area contributed by atoms with Crippen LogP contribution in [0.15, 0.2) is 29.2 Å². The van der Waals surface area contributed by atoms with E-state index in [-0.39, 0.29) is 22.6 Å². The van der Waals surface area contributed by atoms with Crippen LogP contribution in [0.4, 0.5) is 8.78 Å². The highest BCUT2D eigenvalue weighted by Crippen LogP contribution is 2.29. The summed E-state index contributed by atoms with van der Waals surface area (Å²) in [6, 6.07) is 5.39. The van der Waals surface area contributed by atoms with Crippen molar-refractivity contribution in [3.8, 4) is 5.75 Å². The van der Waals surface area contributed by atoms with E-state index in [9.17, 15) is 17.2 Å². The zero-order valence-electron chi connectivity index (χ0n) is 12.3. The number of halogens is 2. The fraction of sp³-hybridized carbons (Fsp3) is 0.571. The van der Waals surface area contributed by atoms with Gasteiger partial charge in [0.2, 0.25) is 10.0 Å². The van der Waals surface area contributed by atoms with Gasteiger partial charge in [-0.25, -0.2) is 13.1 Å². The van der Waals surface area contributed by atoms with Crippen LogP contribution in [0.2, 0.25) is 0 Å². The number of alkyl halides is 2. The summed E-state index contributed by atoms with van der Waals surface area (Å²) in [5.74, 6) is -0.347. The monoisotopic (exact) mass is 334 g/mol. The maximum absolute atomic E-state index is 12.4. The molecule has 0 saturated carbocycles. The predicted octanol–water partition coefficient (Wildman–Crippen LogP) is 1.96. The van der Waals surface area contributed by atoms with E-state index in [1.165, 1.54) is 24.3 Å². The molecule has 1 fully saturated rings. The van der Waals surface area contributed by atoms with Crippen LogP contribution in [0, 0.1) is 5.41 Å². The van der Waals surface area contributed by atoms with Crippen LogP contribution in [0.3, 0.4) is 0 Å². The largest absolute Gasteiger partial charge is 0.433 e. The van der Waals surface area contributed by atoms with Crippen LogP contribution in [-0.4, -0.2) is 34.7 Å². The summed E-state index contributed by atoms with van der Waals surface area (Å²) in [5.41, 5.74) is -0.142. The lowest BCUT2D eigenvalue weighted by molar-refractivity contribution is -0.0517. The Bertz CT molecular complexity index is 602. The third-order valence-corrected chi connectivity index (χ3v) is 5.30. The number of sulfonamides is 1. The van der Waals surface area contributed by atoms with E-state index in [1.54, 1.807) is 0 Å². The topological polar surface area (TPSA) is 67.4 Å². The Balaban J connectivity index is 2.13. The van der Waals surface area contributed by atoms with E-state index >= 15 is 0 Å². The smallest absolute Gasteiger partial charge is 0.387 e. The fourth-order valence-corrected chi connectivity index (χ4v) is 3.75. The lowest BCUT2D eigenvalue weighted by atomic mass is 9.81. The van der Waals surface area contributed by atoms with Crippen molar-refractivity contribution in [2.45, 2.75) is 31.3 Å². The number of ether oxygens (including phenoxy) is 1. The molecule has 0 amide bonds. The van der Waals surface area contributed by atoms with Gasteiger partial charge in [-0.15, -0.1) is 0 Å².